The first-order chi connectivity index (χ1) is 11.6. The quantitative estimate of drug-likeness (QED) is 0.842. The zero-order valence-corrected chi connectivity index (χ0v) is 14.1. The summed E-state index contributed by atoms with van der Waals surface area (Å²) >= 11 is 0. The third-order valence-corrected chi connectivity index (χ3v) is 5.77. The van der Waals surface area contributed by atoms with Crippen LogP contribution in [0.15, 0.2) is 48.5 Å². The summed E-state index contributed by atoms with van der Waals surface area (Å²) in [5.74, 6) is -0.156. The molecule has 2 aromatic rings. The topological polar surface area (TPSA) is 58.6 Å². The molecule has 0 amide bonds. The first-order valence-electron chi connectivity index (χ1n) is 7.74. The lowest BCUT2D eigenvalue weighted by Crippen LogP contribution is -2.43. The van der Waals surface area contributed by atoms with Crippen LogP contribution in [0.3, 0.4) is 0 Å². The predicted molar refractivity (Wildman–Crippen MR) is 91.5 cm³/mol. The fourth-order valence-corrected chi connectivity index (χ4v) is 4.49. The van der Waals surface area contributed by atoms with Gasteiger partial charge < -0.3 is 10.1 Å². The average Bonchev–Trinajstić information content (AvgIpc) is 2.56. The Bertz CT molecular complexity index is 826. The Labute approximate surface area is 141 Å². The van der Waals surface area contributed by atoms with E-state index < -0.39 is 21.3 Å². The molecule has 7 heteroatoms. The molecule has 1 N–H and O–H groups in total. The average molecular weight is 350 g/mol. The molecule has 1 aliphatic rings. The minimum atomic E-state index is -3.89. The number of nitrogens with zero attached hydrogens (tertiary/aromatic N) is 1. The highest BCUT2D eigenvalue weighted by molar-refractivity contribution is 7.93. The van der Waals surface area contributed by atoms with Crippen LogP contribution in [0.25, 0.3) is 0 Å². The second-order valence-corrected chi connectivity index (χ2v) is 7.44. The van der Waals surface area contributed by atoms with Crippen molar-refractivity contribution in [2.75, 3.05) is 17.9 Å². The van der Waals surface area contributed by atoms with Gasteiger partial charge in [-0.2, -0.15) is 0 Å². The summed E-state index contributed by atoms with van der Waals surface area (Å²) in [6, 6.07) is 12.6. The van der Waals surface area contributed by atoms with Crippen LogP contribution in [0.5, 0.6) is 5.75 Å². The first-order valence-corrected chi connectivity index (χ1v) is 9.25. The monoisotopic (exact) mass is 350 g/mol. The molecule has 0 spiro atoms. The van der Waals surface area contributed by atoms with Crippen LogP contribution >= 0.6 is 0 Å². The molecule has 0 aliphatic carbocycles. The summed E-state index contributed by atoms with van der Waals surface area (Å²) in [6.07, 6.45) is 0.954. The molecule has 5 nitrogen and oxygen atoms in total. The van der Waals surface area contributed by atoms with Gasteiger partial charge in [0.25, 0.3) is 10.0 Å². The molecule has 1 aliphatic heterocycles. The standard InChI is InChI=1S/C17H19FN2O3S/c1-19-12-6-11-17-23-16-10-5-4-9-15(16)20(24(17,21)22)14-8-3-2-7-13(14)18/h2-5,7-10,17,19H,6,11-12H2,1H3/t17-/m1/s1. The van der Waals surface area contributed by atoms with Crippen LogP contribution in [0.1, 0.15) is 12.8 Å². The molecule has 24 heavy (non-hydrogen) atoms. The number of hydrogen-bond donors (Lipinski definition) is 1. The Hall–Kier alpha value is -2.12. The maximum Gasteiger partial charge on any atom is 0.278 e. The molecule has 1 atom stereocenters. The van der Waals surface area contributed by atoms with Crippen molar-refractivity contribution in [2.45, 2.75) is 18.3 Å². The maximum atomic E-state index is 14.3. The molecule has 0 unspecified atom stereocenters. The Morgan fingerprint density at radius 1 is 1.12 bits per heavy atom. The van der Waals surface area contributed by atoms with Gasteiger partial charge in [-0.15, -0.1) is 0 Å². The normalized spacial score (nSPS) is 18.8. The van der Waals surface area contributed by atoms with Gasteiger partial charge in [-0.05, 0) is 44.3 Å². The lowest BCUT2D eigenvalue weighted by molar-refractivity contribution is 0.254. The minimum Gasteiger partial charge on any atom is -0.470 e. The summed E-state index contributed by atoms with van der Waals surface area (Å²) in [4.78, 5) is 0. The third-order valence-electron chi connectivity index (χ3n) is 3.87. The zero-order chi connectivity index (χ0) is 17.2. The molecule has 0 fully saturated rings. The van der Waals surface area contributed by atoms with Gasteiger partial charge in [0.05, 0.1) is 11.4 Å². The maximum absolute atomic E-state index is 14.3. The summed E-state index contributed by atoms with van der Waals surface area (Å²) in [7, 11) is -2.09. The van der Waals surface area contributed by atoms with E-state index in [1.165, 1.54) is 18.2 Å². The second-order valence-electron chi connectivity index (χ2n) is 5.52. The van der Waals surface area contributed by atoms with Crippen LogP contribution in [-0.2, 0) is 10.0 Å². The van der Waals surface area contributed by atoms with Gasteiger partial charge in [-0.25, -0.2) is 17.1 Å². The largest absolute Gasteiger partial charge is 0.470 e. The number of anilines is 2. The Morgan fingerprint density at radius 2 is 1.79 bits per heavy atom. The lowest BCUT2D eigenvalue weighted by atomic mass is 10.2. The van der Waals surface area contributed by atoms with Crippen molar-refractivity contribution >= 4 is 21.4 Å². The van der Waals surface area contributed by atoms with Crippen molar-refractivity contribution in [1.82, 2.24) is 5.32 Å². The van der Waals surface area contributed by atoms with Crippen molar-refractivity contribution in [3.8, 4) is 5.75 Å². The van der Waals surface area contributed by atoms with E-state index in [0.717, 1.165) is 4.31 Å². The van der Waals surface area contributed by atoms with Crippen molar-refractivity contribution in [3.05, 3.63) is 54.3 Å². The smallest absolute Gasteiger partial charge is 0.278 e. The molecule has 3 rings (SSSR count). The van der Waals surface area contributed by atoms with E-state index in [2.05, 4.69) is 5.32 Å². The van der Waals surface area contributed by atoms with Crippen molar-refractivity contribution < 1.29 is 17.5 Å². The zero-order valence-electron chi connectivity index (χ0n) is 13.3. The molecule has 0 radical (unpaired) electrons. The first kappa shape index (κ1) is 16.7. The summed E-state index contributed by atoms with van der Waals surface area (Å²) < 4.78 is 47.1. The van der Waals surface area contributed by atoms with Crippen molar-refractivity contribution in [1.29, 1.82) is 0 Å². The SMILES string of the molecule is CNCCC[C@@H]1Oc2ccccc2N(c2ccccc2F)S1(=O)=O. The second kappa shape index (κ2) is 6.78. The Balaban J connectivity index is 2.09. The Kier molecular flexibility index (Phi) is 4.73. The molecule has 128 valence electrons. The van der Waals surface area contributed by atoms with Crippen LogP contribution < -0.4 is 14.4 Å². The number of rotatable bonds is 5. The van der Waals surface area contributed by atoms with E-state index >= 15 is 0 Å². The molecule has 1 heterocycles. The molecule has 0 bridgehead atoms. The molecule has 0 aromatic heterocycles. The van der Waals surface area contributed by atoms with Gasteiger partial charge in [0.1, 0.15) is 11.6 Å². The summed E-state index contributed by atoms with van der Waals surface area (Å²) in [6.45, 7) is 0.677. The van der Waals surface area contributed by atoms with E-state index in [-0.39, 0.29) is 5.69 Å². The molecular formula is C17H19FN2O3S. The number of halogens is 1. The van der Waals surface area contributed by atoms with Gasteiger partial charge >= 0.3 is 0 Å². The van der Waals surface area contributed by atoms with Gasteiger partial charge in [-0.3, -0.25) is 0 Å². The number of sulfonamides is 1. The predicted octanol–water partition coefficient (Wildman–Crippen LogP) is 3.01. The third kappa shape index (κ3) is 2.97. The van der Waals surface area contributed by atoms with Crippen LogP contribution in [-0.4, -0.2) is 27.4 Å². The lowest BCUT2D eigenvalue weighted by Gasteiger charge is -2.35. The number of ether oxygens (including phenoxy) is 1. The van der Waals surface area contributed by atoms with E-state index in [1.807, 2.05) is 0 Å². The summed E-state index contributed by atoms with van der Waals surface area (Å²) in [5, 5.41) is 2.98. The fraction of sp³-hybridized carbons (Fsp3) is 0.294. The van der Waals surface area contributed by atoms with E-state index in [9.17, 15) is 12.8 Å². The van der Waals surface area contributed by atoms with Gasteiger partial charge in [0.2, 0.25) is 5.44 Å². The Morgan fingerprint density at radius 3 is 2.50 bits per heavy atom. The number of fused-ring (bicyclic) bond motifs is 1. The van der Waals surface area contributed by atoms with Crippen LogP contribution in [0.2, 0.25) is 0 Å². The van der Waals surface area contributed by atoms with Gasteiger partial charge in [0.15, 0.2) is 0 Å². The highest BCUT2D eigenvalue weighted by Gasteiger charge is 2.41. The number of benzene rings is 2. The van der Waals surface area contributed by atoms with E-state index in [4.69, 9.17) is 4.74 Å². The van der Waals surface area contributed by atoms with Crippen LogP contribution in [0, 0.1) is 5.82 Å². The van der Waals surface area contributed by atoms with Crippen molar-refractivity contribution in [3.63, 3.8) is 0 Å². The molecule has 2 aromatic carbocycles. The van der Waals surface area contributed by atoms with Crippen LogP contribution in [0.4, 0.5) is 15.8 Å². The molecule has 0 saturated carbocycles. The van der Waals surface area contributed by atoms with E-state index in [0.29, 0.717) is 30.8 Å². The van der Waals surface area contributed by atoms with Gasteiger partial charge in [0, 0.05) is 6.42 Å². The number of hydrogen-bond acceptors (Lipinski definition) is 4. The molecule has 0 saturated heterocycles. The fourth-order valence-electron chi connectivity index (χ4n) is 2.72. The highest BCUT2D eigenvalue weighted by Crippen LogP contribution is 2.43. The van der Waals surface area contributed by atoms with E-state index in [1.54, 1.807) is 37.4 Å². The summed E-state index contributed by atoms with van der Waals surface area (Å²) in [5.41, 5.74) is -0.709. The molecular weight excluding hydrogens is 331 g/mol. The number of para-hydroxylation sites is 3. The highest BCUT2D eigenvalue weighted by atomic mass is 32.2. The van der Waals surface area contributed by atoms with Crippen molar-refractivity contribution in [2.24, 2.45) is 0 Å². The van der Waals surface area contributed by atoms with Gasteiger partial charge in [-0.1, -0.05) is 24.3 Å². The minimum absolute atomic E-state index is 0.00636. The number of nitrogens with one attached hydrogen (secondary N) is 1.